The Morgan fingerprint density at radius 3 is 2.80 bits per heavy atom. The molecule has 0 radical (unpaired) electrons. The number of carbonyl (C=O) groups excluding carboxylic acids is 1. The highest BCUT2D eigenvalue weighted by atomic mass is 35.5. The average Bonchev–Trinajstić information content (AvgIpc) is 3.24. The first-order valence-electron chi connectivity index (χ1n) is 9.53. The first-order chi connectivity index (χ1) is 14.2. The first kappa shape index (κ1) is 20.1. The van der Waals surface area contributed by atoms with Crippen LogP contribution in [-0.2, 0) is 11.3 Å². The fraction of sp³-hybridized carbons (Fsp3) is 0.300. The predicted molar refractivity (Wildman–Crippen MR) is 114 cm³/mol. The van der Waals surface area contributed by atoms with Crippen LogP contribution >= 0.6 is 12.4 Å². The smallest absolute Gasteiger partial charge is 0.281 e. The fourth-order valence-electron chi connectivity index (χ4n) is 3.72. The molecule has 2 aliphatic rings. The van der Waals surface area contributed by atoms with Crippen molar-refractivity contribution in [2.45, 2.75) is 6.54 Å². The largest absolute Gasteiger partial charge is 0.506 e. The van der Waals surface area contributed by atoms with Crippen LogP contribution < -0.4 is 15.8 Å². The van der Waals surface area contributed by atoms with E-state index >= 15 is 0 Å². The number of aromatic hydroxyl groups is 1. The number of hydrogen-bond acceptors (Lipinski definition) is 7. The van der Waals surface area contributed by atoms with E-state index in [-0.39, 0.29) is 23.7 Å². The number of amides is 1. The van der Waals surface area contributed by atoms with Gasteiger partial charge in [0.15, 0.2) is 0 Å². The molecule has 0 aliphatic carbocycles. The number of rotatable bonds is 2. The lowest BCUT2D eigenvalue weighted by molar-refractivity contribution is 0.0995. The Balaban J connectivity index is 0.00000218. The molecule has 0 spiro atoms. The second-order valence-corrected chi connectivity index (χ2v) is 6.99. The molecule has 2 aromatic heterocycles. The molecule has 3 aromatic rings. The van der Waals surface area contributed by atoms with Gasteiger partial charge in [-0.05, 0) is 24.3 Å². The molecule has 4 heterocycles. The summed E-state index contributed by atoms with van der Waals surface area (Å²) in [6, 6.07) is 7.53. The molecule has 1 saturated heterocycles. The number of fused-ring (bicyclic) bond motifs is 3. The zero-order valence-electron chi connectivity index (χ0n) is 16.1. The van der Waals surface area contributed by atoms with Gasteiger partial charge in [-0.15, -0.1) is 12.4 Å². The second kappa shape index (κ2) is 8.29. The molecule has 9 nitrogen and oxygen atoms in total. The Hall–Kier alpha value is -3.17. The summed E-state index contributed by atoms with van der Waals surface area (Å²) in [4.78, 5) is 27.6. The van der Waals surface area contributed by atoms with Crippen molar-refractivity contribution in [3.8, 4) is 5.75 Å². The summed E-state index contributed by atoms with van der Waals surface area (Å²) in [7, 11) is 0. The molecule has 0 bridgehead atoms. The normalized spacial score (nSPS) is 16.1. The Morgan fingerprint density at radius 1 is 1.17 bits per heavy atom. The summed E-state index contributed by atoms with van der Waals surface area (Å²) in [5.41, 5.74) is 2.40. The number of halogens is 1. The van der Waals surface area contributed by atoms with Crippen molar-refractivity contribution in [1.29, 1.82) is 0 Å². The monoisotopic (exact) mass is 428 g/mol. The van der Waals surface area contributed by atoms with E-state index in [0.717, 1.165) is 42.0 Å². The van der Waals surface area contributed by atoms with Crippen molar-refractivity contribution >= 4 is 40.7 Å². The molecule has 0 unspecified atom stereocenters. The lowest BCUT2D eigenvalue weighted by Crippen LogP contribution is -2.36. The minimum absolute atomic E-state index is 0. The van der Waals surface area contributed by atoms with Crippen LogP contribution in [0.4, 0.5) is 11.5 Å². The minimum Gasteiger partial charge on any atom is -0.506 e. The summed E-state index contributed by atoms with van der Waals surface area (Å²) in [5, 5.41) is 13.9. The van der Waals surface area contributed by atoms with E-state index < -0.39 is 5.91 Å². The van der Waals surface area contributed by atoms with Crippen molar-refractivity contribution in [3.05, 3.63) is 47.8 Å². The molecule has 2 aliphatic heterocycles. The van der Waals surface area contributed by atoms with Crippen LogP contribution in [0.25, 0.3) is 10.9 Å². The van der Waals surface area contributed by atoms with E-state index in [0.29, 0.717) is 25.4 Å². The van der Waals surface area contributed by atoms with Crippen molar-refractivity contribution in [1.82, 2.24) is 14.5 Å². The number of carbonyl (C=O) groups is 1. The Kier molecular flexibility index (Phi) is 5.56. The van der Waals surface area contributed by atoms with Gasteiger partial charge < -0.3 is 20.1 Å². The first-order valence-corrected chi connectivity index (χ1v) is 9.53. The van der Waals surface area contributed by atoms with Gasteiger partial charge in [0.05, 0.1) is 30.5 Å². The molecule has 0 saturated carbocycles. The van der Waals surface area contributed by atoms with E-state index in [4.69, 9.17) is 4.74 Å². The number of aromatic nitrogens is 3. The minimum atomic E-state index is -0.494. The third kappa shape index (κ3) is 3.69. The topological polar surface area (TPSA) is 105 Å². The average molecular weight is 429 g/mol. The van der Waals surface area contributed by atoms with Crippen LogP contribution in [0, 0.1) is 0 Å². The number of hydrogen-bond donors (Lipinski definition) is 2. The Bertz CT molecular complexity index is 1170. The third-order valence-electron chi connectivity index (χ3n) is 5.14. The van der Waals surface area contributed by atoms with Crippen molar-refractivity contribution in [2.75, 3.05) is 43.1 Å². The predicted octanol–water partition coefficient (Wildman–Crippen LogP) is 1.56. The van der Waals surface area contributed by atoms with Gasteiger partial charge in [0.2, 0.25) is 5.62 Å². The Morgan fingerprint density at radius 2 is 2.00 bits per heavy atom. The third-order valence-corrected chi connectivity index (χ3v) is 5.14. The molecule has 1 amide bonds. The van der Waals surface area contributed by atoms with Gasteiger partial charge in [-0.3, -0.25) is 14.3 Å². The van der Waals surface area contributed by atoms with Gasteiger partial charge in [0, 0.05) is 43.4 Å². The molecule has 1 aromatic carbocycles. The number of benzene rings is 1. The van der Waals surface area contributed by atoms with Crippen molar-refractivity contribution in [3.63, 3.8) is 0 Å². The number of nitrogens with zero attached hydrogens (tertiary/aromatic N) is 5. The molecule has 30 heavy (non-hydrogen) atoms. The van der Waals surface area contributed by atoms with E-state index in [1.165, 1.54) is 18.5 Å². The molecular formula is C20H21ClN6O3. The number of morpholine rings is 1. The van der Waals surface area contributed by atoms with Gasteiger partial charge in [-0.1, -0.05) is 0 Å². The molecule has 10 heteroatoms. The molecule has 0 atom stereocenters. The SMILES string of the molecule is Cl.O=C(N=c1nc2cc(N3CCOCC3)ccc2c2n1CCN2)c1cncc(O)c1. The molecule has 5 rings (SSSR count). The highest BCUT2D eigenvalue weighted by molar-refractivity contribution is 5.95. The summed E-state index contributed by atoms with van der Waals surface area (Å²) in [6.45, 7) is 4.51. The van der Waals surface area contributed by atoms with Crippen LogP contribution in [0.5, 0.6) is 5.75 Å². The van der Waals surface area contributed by atoms with E-state index in [2.05, 4.69) is 37.3 Å². The number of pyridine rings is 1. The van der Waals surface area contributed by atoms with Crippen LogP contribution in [0.1, 0.15) is 10.4 Å². The van der Waals surface area contributed by atoms with Crippen LogP contribution in [0.2, 0.25) is 0 Å². The zero-order chi connectivity index (χ0) is 19.8. The zero-order valence-corrected chi connectivity index (χ0v) is 16.9. The van der Waals surface area contributed by atoms with Crippen molar-refractivity contribution < 1.29 is 14.6 Å². The van der Waals surface area contributed by atoms with Crippen LogP contribution in [-0.4, -0.2) is 58.4 Å². The highest BCUT2D eigenvalue weighted by Gasteiger charge is 2.18. The fourth-order valence-corrected chi connectivity index (χ4v) is 3.72. The summed E-state index contributed by atoms with van der Waals surface area (Å²) < 4.78 is 7.34. The maximum absolute atomic E-state index is 12.6. The second-order valence-electron chi connectivity index (χ2n) is 6.99. The van der Waals surface area contributed by atoms with Crippen LogP contribution in [0.3, 0.4) is 0 Å². The maximum atomic E-state index is 12.6. The van der Waals surface area contributed by atoms with E-state index in [9.17, 15) is 9.90 Å². The highest BCUT2D eigenvalue weighted by Crippen LogP contribution is 2.27. The lowest BCUT2D eigenvalue weighted by Gasteiger charge is -2.29. The maximum Gasteiger partial charge on any atom is 0.281 e. The van der Waals surface area contributed by atoms with Gasteiger partial charge in [-0.2, -0.15) is 4.99 Å². The Labute approximate surface area is 178 Å². The lowest BCUT2D eigenvalue weighted by atomic mass is 10.2. The van der Waals surface area contributed by atoms with Gasteiger partial charge in [0.25, 0.3) is 5.91 Å². The van der Waals surface area contributed by atoms with E-state index in [1.807, 2.05) is 10.6 Å². The molecule has 1 fully saturated rings. The standard InChI is InChI=1S/C20H20N6O3.ClH/c27-15-9-13(11-21-12-15)19(28)24-20-23-17-10-14(25-5-7-29-8-6-25)1-2-16(17)18-22-3-4-26(18)20;/h1-2,9-12,22,27H,3-8H2;1H. The quantitative estimate of drug-likeness (QED) is 0.638. The molecule has 2 N–H and O–H groups in total. The number of anilines is 2. The van der Waals surface area contributed by atoms with Gasteiger partial charge >= 0.3 is 0 Å². The van der Waals surface area contributed by atoms with Crippen molar-refractivity contribution in [2.24, 2.45) is 4.99 Å². The summed E-state index contributed by atoms with van der Waals surface area (Å²) in [5.74, 6) is 0.336. The number of ether oxygens (including phenoxy) is 1. The molecular weight excluding hydrogens is 408 g/mol. The van der Waals surface area contributed by atoms with Gasteiger partial charge in [-0.25, -0.2) is 4.98 Å². The van der Waals surface area contributed by atoms with Crippen LogP contribution in [0.15, 0.2) is 41.7 Å². The van der Waals surface area contributed by atoms with E-state index in [1.54, 1.807) is 0 Å². The summed E-state index contributed by atoms with van der Waals surface area (Å²) >= 11 is 0. The summed E-state index contributed by atoms with van der Waals surface area (Å²) in [6.07, 6.45) is 2.65. The molecule has 156 valence electrons. The number of nitrogens with one attached hydrogen (secondary N) is 1. The van der Waals surface area contributed by atoms with Gasteiger partial charge in [0.1, 0.15) is 11.6 Å².